The van der Waals surface area contributed by atoms with Gasteiger partial charge >= 0.3 is 0 Å². The molecule has 0 aromatic rings. The zero-order valence-electron chi connectivity index (χ0n) is 12.0. The molecule has 1 aliphatic rings. The van der Waals surface area contributed by atoms with E-state index < -0.39 is 10.2 Å². The molecule has 0 saturated carbocycles. The molecule has 0 radical (unpaired) electrons. The first kappa shape index (κ1) is 15.9. The molecular formula is C12H27N3O2S. The summed E-state index contributed by atoms with van der Waals surface area (Å²) >= 11 is 0. The third-order valence-corrected chi connectivity index (χ3v) is 5.24. The van der Waals surface area contributed by atoms with Gasteiger partial charge in [0.25, 0.3) is 10.2 Å². The first-order valence-corrected chi connectivity index (χ1v) is 8.13. The molecular weight excluding hydrogens is 250 g/mol. The van der Waals surface area contributed by atoms with E-state index in [0.717, 1.165) is 19.4 Å². The average molecular weight is 277 g/mol. The average Bonchev–Trinajstić information content (AvgIpc) is 2.29. The van der Waals surface area contributed by atoms with Crippen molar-refractivity contribution >= 4 is 10.2 Å². The van der Waals surface area contributed by atoms with Crippen molar-refractivity contribution in [2.75, 3.05) is 40.3 Å². The highest BCUT2D eigenvalue weighted by Gasteiger charge is 2.31. The Morgan fingerprint density at radius 1 is 1.44 bits per heavy atom. The molecule has 0 aromatic carbocycles. The van der Waals surface area contributed by atoms with Gasteiger partial charge in [-0.25, -0.2) is 0 Å². The van der Waals surface area contributed by atoms with Crippen molar-refractivity contribution in [3.8, 4) is 0 Å². The number of rotatable bonds is 6. The molecule has 1 N–H and O–H groups in total. The van der Waals surface area contributed by atoms with Crippen LogP contribution in [0.4, 0.5) is 0 Å². The van der Waals surface area contributed by atoms with Crippen molar-refractivity contribution in [3.05, 3.63) is 0 Å². The zero-order valence-corrected chi connectivity index (χ0v) is 12.8. The maximum Gasteiger partial charge on any atom is 0.281 e. The predicted octanol–water partition coefficient (Wildman–Crippen LogP) is 0.750. The van der Waals surface area contributed by atoms with Crippen molar-refractivity contribution in [2.24, 2.45) is 11.8 Å². The molecule has 5 nitrogen and oxygen atoms in total. The summed E-state index contributed by atoms with van der Waals surface area (Å²) in [5.74, 6) is 0.786. The lowest BCUT2D eigenvalue weighted by Crippen LogP contribution is -2.48. The third kappa shape index (κ3) is 4.19. The van der Waals surface area contributed by atoms with Crippen LogP contribution >= 0.6 is 0 Å². The summed E-state index contributed by atoms with van der Waals surface area (Å²) in [5, 5.41) is 3.14. The Morgan fingerprint density at radius 3 is 2.67 bits per heavy atom. The molecule has 1 heterocycles. The zero-order chi connectivity index (χ0) is 13.8. The van der Waals surface area contributed by atoms with Gasteiger partial charge in [-0.3, -0.25) is 0 Å². The fourth-order valence-corrected chi connectivity index (χ4v) is 4.14. The largest absolute Gasteiger partial charge is 0.319 e. The lowest BCUT2D eigenvalue weighted by Gasteiger charge is -2.34. The van der Waals surface area contributed by atoms with E-state index in [1.807, 2.05) is 20.9 Å². The first-order chi connectivity index (χ1) is 8.37. The minimum absolute atomic E-state index is 0.350. The minimum Gasteiger partial charge on any atom is -0.319 e. The second-order valence-corrected chi connectivity index (χ2v) is 7.64. The lowest BCUT2D eigenvalue weighted by atomic mass is 10.00. The van der Waals surface area contributed by atoms with Gasteiger partial charge in [0.2, 0.25) is 0 Å². The Morgan fingerprint density at radius 2 is 2.11 bits per heavy atom. The van der Waals surface area contributed by atoms with Gasteiger partial charge in [-0.15, -0.1) is 0 Å². The molecule has 108 valence electrons. The molecule has 0 spiro atoms. The molecule has 1 saturated heterocycles. The Bertz CT molecular complexity index is 341. The van der Waals surface area contributed by atoms with Crippen LogP contribution in [0.25, 0.3) is 0 Å². The van der Waals surface area contributed by atoms with Crippen molar-refractivity contribution in [3.63, 3.8) is 0 Å². The molecule has 0 aliphatic carbocycles. The van der Waals surface area contributed by atoms with Crippen molar-refractivity contribution < 1.29 is 8.42 Å². The van der Waals surface area contributed by atoms with Gasteiger partial charge in [0.1, 0.15) is 0 Å². The van der Waals surface area contributed by atoms with Gasteiger partial charge in [0.15, 0.2) is 0 Å². The van der Waals surface area contributed by atoms with Crippen LogP contribution in [0.1, 0.15) is 26.7 Å². The van der Waals surface area contributed by atoms with Crippen LogP contribution in [0.5, 0.6) is 0 Å². The molecule has 1 fully saturated rings. The molecule has 18 heavy (non-hydrogen) atoms. The van der Waals surface area contributed by atoms with Gasteiger partial charge < -0.3 is 5.32 Å². The summed E-state index contributed by atoms with van der Waals surface area (Å²) in [6.07, 6.45) is 2.07. The second kappa shape index (κ2) is 6.84. The number of piperidine rings is 1. The Balaban J connectivity index is 2.66. The number of hydrogen-bond donors (Lipinski definition) is 1. The third-order valence-electron chi connectivity index (χ3n) is 3.32. The Kier molecular flexibility index (Phi) is 6.04. The van der Waals surface area contributed by atoms with Crippen LogP contribution in [0.15, 0.2) is 0 Å². The molecule has 0 bridgehead atoms. The standard InChI is InChI=1S/C12H27N3O2S/c1-11(2)9-14(4)18(16,17)15-7-5-6-12(10-15)8-13-3/h11-13H,5-10H2,1-4H3. The van der Waals surface area contributed by atoms with E-state index in [9.17, 15) is 8.42 Å². The fourth-order valence-electron chi connectivity index (χ4n) is 2.50. The number of hydrogen-bond acceptors (Lipinski definition) is 3. The summed E-state index contributed by atoms with van der Waals surface area (Å²) < 4.78 is 27.9. The highest BCUT2D eigenvalue weighted by Crippen LogP contribution is 2.20. The normalized spacial score (nSPS) is 22.9. The van der Waals surface area contributed by atoms with Crippen LogP contribution in [-0.4, -0.2) is 57.3 Å². The molecule has 1 atom stereocenters. The van der Waals surface area contributed by atoms with Crippen LogP contribution in [0.3, 0.4) is 0 Å². The summed E-state index contributed by atoms with van der Waals surface area (Å²) in [7, 11) is 0.323. The highest BCUT2D eigenvalue weighted by atomic mass is 32.2. The first-order valence-electron chi connectivity index (χ1n) is 6.74. The number of nitrogens with one attached hydrogen (secondary N) is 1. The second-order valence-electron chi connectivity index (χ2n) is 5.61. The van der Waals surface area contributed by atoms with Crippen LogP contribution in [0, 0.1) is 11.8 Å². The SMILES string of the molecule is CNCC1CCCN(S(=O)(=O)N(C)CC(C)C)C1. The van der Waals surface area contributed by atoms with Crippen LogP contribution in [-0.2, 0) is 10.2 Å². The summed E-state index contributed by atoms with van der Waals surface area (Å²) in [6, 6.07) is 0. The van der Waals surface area contributed by atoms with Crippen molar-refractivity contribution in [2.45, 2.75) is 26.7 Å². The van der Waals surface area contributed by atoms with Gasteiger partial charge in [-0.1, -0.05) is 13.8 Å². The molecule has 1 unspecified atom stereocenters. The fraction of sp³-hybridized carbons (Fsp3) is 1.00. The minimum atomic E-state index is -3.27. The monoisotopic (exact) mass is 277 g/mol. The summed E-state index contributed by atoms with van der Waals surface area (Å²) in [5.41, 5.74) is 0. The van der Waals surface area contributed by atoms with E-state index in [2.05, 4.69) is 5.32 Å². The van der Waals surface area contributed by atoms with Gasteiger partial charge in [-0.05, 0) is 38.3 Å². The van der Waals surface area contributed by atoms with Crippen molar-refractivity contribution in [1.29, 1.82) is 0 Å². The molecule has 0 aromatic heterocycles. The Hall–Kier alpha value is -0.170. The van der Waals surface area contributed by atoms with E-state index in [4.69, 9.17) is 0 Å². The summed E-state index contributed by atoms with van der Waals surface area (Å²) in [4.78, 5) is 0. The molecule has 6 heteroatoms. The van der Waals surface area contributed by atoms with Gasteiger partial charge in [0.05, 0.1) is 0 Å². The topological polar surface area (TPSA) is 52.7 Å². The van der Waals surface area contributed by atoms with E-state index in [1.165, 1.54) is 4.31 Å². The smallest absolute Gasteiger partial charge is 0.281 e. The maximum absolute atomic E-state index is 12.4. The molecule has 1 rings (SSSR count). The van der Waals surface area contributed by atoms with Crippen molar-refractivity contribution in [1.82, 2.24) is 13.9 Å². The highest BCUT2D eigenvalue weighted by molar-refractivity contribution is 7.86. The van der Waals surface area contributed by atoms with Crippen LogP contribution in [0.2, 0.25) is 0 Å². The maximum atomic E-state index is 12.4. The molecule has 0 amide bonds. The van der Waals surface area contributed by atoms with Gasteiger partial charge in [-0.2, -0.15) is 17.0 Å². The number of nitrogens with zero attached hydrogens (tertiary/aromatic N) is 2. The van der Waals surface area contributed by atoms with E-state index in [1.54, 1.807) is 11.4 Å². The Labute approximate surface area is 112 Å². The van der Waals surface area contributed by atoms with E-state index >= 15 is 0 Å². The van der Waals surface area contributed by atoms with E-state index in [-0.39, 0.29) is 0 Å². The summed E-state index contributed by atoms with van der Waals surface area (Å²) in [6.45, 7) is 6.84. The van der Waals surface area contributed by atoms with Gasteiger partial charge in [0, 0.05) is 26.7 Å². The lowest BCUT2D eigenvalue weighted by molar-refractivity contribution is 0.246. The predicted molar refractivity (Wildman–Crippen MR) is 74.6 cm³/mol. The van der Waals surface area contributed by atoms with E-state index in [0.29, 0.717) is 31.5 Å². The quantitative estimate of drug-likeness (QED) is 0.779. The van der Waals surface area contributed by atoms with Crippen LogP contribution < -0.4 is 5.32 Å². The molecule has 1 aliphatic heterocycles.